The number of carbonyl (C=O) groups is 1. The van der Waals surface area contributed by atoms with Crippen molar-refractivity contribution in [2.75, 3.05) is 46.5 Å². The molecule has 31 heavy (non-hydrogen) atoms. The number of ether oxygens (including phenoxy) is 3. The molecular formula is C24H25N3O4. The first kappa shape index (κ1) is 20.8. The van der Waals surface area contributed by atoms with E-state index in [4.69, 9.17) is 19.5 Å². The van der Waals surface area contributed by atoms with Crippen LogP contribution in [0.2, 0.25) is 0 Å². The van der Waals surface area contributed by atoms with E-state index in [1.54, 1.807) is 19.3 Å². The van der Waals surface area contributed by atoms with Crippen LogP contribution in [0.4, 0.5) is 0 Å². The van der Waals surface area contributed by atoms with Crippen LogP contribution in [-0.2, 0) is 11.3 Å². The highest BCUT2D eigenvalue weighted by Crippen LogP contribution is 2.40. The van der Waals surface area contributed by atoms with E-state index in [9.17, 15) is 4.79 Å². The fourth-order valence-corrected chi connectivity index (χ4v) is 3.73. The van der Waals surface area contributed by atoms with Crippen molar-refractivity contribution < 1.29 is 19.0 Å². The van der Waals surface area contributed by atoms with Gasteiger partial charge in [-0.2, -0.15) is 5.26 Å². The first-order chi connectivity index (χ1) is 15.2. The van der Waals surface area contributed by atoms with E-state index in [1.807, 2.05) is 41.3 Å². The number of hydrogen-bond donors (Lipinski definition) is 0. The number of nitriles is 1. The molecule has 2 aliphatic heterocycles. The van der Waals surface area contributed by atoms with E-state index in [1.165, 1.54) is 5.56 Å². The lowest BCUT2D eigenvalue weighted by Crippen LogP contribution is -2.47. The van der Waals surface area contributed by atoms with Gasteiger partial charge in [0.2, 0.25) is 11.7 Å². The van der Waals surface area contributed by atoms with Gasteiger partial charge >= 0.3 is 0 Å². The van der Waals surface area contributed by atoms with E-state index in [-0.39, 0.29) is 5.91 Å². The highest BCUT2D eigenvalue weighted by Gasteiger charge is 2.20. The van der Waals surface area contributed by atoms with Gasteiger partial charge in [0.15, 0.2) is 11.5 Å². The predicted molar refractivity (Wildman–Crippen MR) is 116 cm³/mol. The molecule has 0 radical (unpaired) electrons. The van der Waals surface area contributed by atoms with Crippen LogP contribution in [0.1, 0.15) is 16.7 Å². The standard InChI is InChI=1S/C24H25N3O4/c1-29-21-14-20(15-22-24(21)31-13-12-30-22)6-7-23(28)27-10-8-26(9-11-27)17-19-4-2-18(16-25)3-5-19/h2-7,14-15H,8-13,17H2,1H3/b7-6+. The third-order valence-electron chi connectivity index (χ3n) is 5.44. The third kappa shape index (κ3) is 4.98. The van der Waals surface area contributed by atoms with Crippen molar-refractivity contribution >= 4 is 12.0 Å². The maximum atomic E-state index is 12.7. The molecule has 0 bridgehead atoms. The molecule has 2 heterocycles. The van der Waals surface area contributed by atoms with Gasteiger partial charge in [-0.05, 0) is 41.5 Å². The summed E-state index contributed by atoms with van der Waals surface area (Å²) in [6.07, 6.45) is 3.38. The van der Waals surface area contributed by atoms with Gasteiger partial charge in [-0.25, -0.2) is 0 Å². The van der Waals surface area contributed by atoms with Crippen LogP contribution < -0.4 is 14.2 Å². The molecule has 7 nitrogen and oxygen atoms in total. The fraction of sp³-hybridized carbons (Fsp3) is 0.333. The third-order valence-corrected chi connectivity index (χ3v) is 5.44. The van der Waals surface area contributed by atoms with Gasteiger partial charge in [0.25, 0.3) is 0 Å². The van der Waals surface area contributed by atoms with Crippen LogP contribution in [0.15, 0.2) is 42.5 Å². The number of amides is 1. The average molecular weight is 419 g/mol. The van der Waals surface area contributed by atoms with E-state index >= 15 is 0 Å². The molecule has 0 spiro atoms. The van der Waals surface area contributed by atoms with Crippen LogP contribution in [-0.4, -0.2) is 62.2 Å². The molecule has 0 atom stereocenters. The molecule has 2 aliphatic rings. The molecule has 0 aliphatic carbocycles. The van der Waals surface area contributed by atoms with Gasteiger partial charge in [0.1, 0.15) is 13.2 Å². The van der Waals surface area contributed by atoms with E-state index < -0.39 is 0 Å². The van der Waals surface area contributed by atoms with Crippen molar-refractivity contribution in [1.29, 1.82) is 5.26 Å². The Morgan fingerprint density at radius 2 is 1.87 bits per heavy atom. The summed E-state index contributed by atoms with van der Waals surface area (Å²) < 4.78 is 16.7. The summed E-state index contributed by atoms with van der Waals surface area (Å²) in [6, 6.07) is 13.5. The molecule has 2 aromatic carbocycles. The lowest BCUT2D eigenvalue weighted by molar-refractivity contribution is -0.127. The Labute approximate surface area is 182 Å². The lowest BCUT2D eigenvalue weighted by Gasteiger charge is -2.34. The Bertz CT molecular complexity index is 985. The van der Waals surface area contributed by atoms with Crippen LogP contribution in [0.3, 0.4) is 0 Å². The van der Waals surface area contributed by atoms with Crippen LogP contribution in [0, 0.1) is 11.3 Å². The normalized spacial score (nSPS) is 16.2. The van der Waals surface area contributed by atoms with Gasteiger partial charge in [0, 0.05) is 38.8 Å². The fourth-order valence-electron chi connectivity index (χ4n) is 3.73. The van der Waals surface area contributed by atoms with E-state index in [0.717, 1.165) is 25.2 Å². The lowest BCUT2D eigenvalue weighted by atomic mass is 10.1. The van der Waals surface area contributed by atoms with Crippen molar-refractivity contribution in [3.05, 3.63) is 59.2 Å². The first-order valence-electron chi connectivity index (χ1n) is 10.3. The summed E-state index contributed by atoms with van der Waals surface area (Å²) >= 11 is 0. The quantitative estimate of drug-likeness (QED) is 0.694. The van der Waals surface area contributed by atoms with Gasteiger partial charge in [-0.15, -0.1) is 0 Å². The van der Waals surface area contributed by atoms with Crippen LogP contribution >= 0.6 is 0 Å². The highest BCUT2D eigenvalue weighted by molar-refractivity contribution is 5.92. The first-order valence-corrected chi connectivity index (χ1v) is 10.3. The second kappa shape index (κ2) is 9.54. The van der Waals surface area contributed by atoms with Gasteiger partial charge in [-0.3, -0.25) is 9.69 Å². The second-order valence-electron chi connectivity index (χ2n) is 7.49. The molecule has 1 saturated heterocycles. The molecule has 160 valence electrons. The van der Waals surface area contributed by atoms with Gasteiger partial charge < -0.3 is 19.1 Å². The largest absolute Gasteiger partial charge is 0.493 e. The summed E-state index contributed by atoms with van der Waals surface area (Å²) in [5.41, 5.74) is 2.67. The molecule has 0 N–H and O–H groups in total. The van der Waals surface area contributed by atoms with E-state index in [2.05, 4.69) is 11.0 Å². The summed E-state index contributed by atoms with van der Waals surface area (Å²) in [5, 5.41) is 8.90. The summed E-state index contributed by atoms with van der Waals surface area (Å²) in [7, 11) is 1.59. The minimum Gasteiger partial charge on any atom is -0.493 e. The monoisotopic (exact) mass is 419 g/mol. The Morgan fingerprint density at radius 3 is 2.58 bits per heavy atom. The number of nitrogens with zero attached hydrogens (tertiary/aromatic N) is 3. The number of fused-ring (bicyclic) bond motifs is 1. The van der Waals surface area contributed by atoms with Crippen molar-refractivity contribution in [2.24, 2.45) is 0 Å². The predicted octanol–water partition coefficient (Wildman–Crippen LogP) is 2.70. The molecular weight excluding hydrogens is 394 g/mol. The Hall–Kier alpha value is -3.50. The zero-order valence-corrected chi connectivity index (χ0v) is 17.5. The Balaban J connectivity index is 1.32. The number of carbonyl (C=O) groups excluding carboxylic acids is 1. The topological polar surface area (TPSA) is 75.0 Å². The minimum absolute atomic E-state index is 0.00752. The van der Waals surface area contributed by atoms with E-state index in [0.29, 0.717) is 49.1 Å². The maximum Gasteiger partial charge on any atom is 0.246 e. The smallest absolute Gasteiger partial charge is 0.246 e. The molecule has 0 unspecified atom stereocenters. The molecule has 1 fully saturated rings. The van der Waals surface area contributed by atoms with Crippen molar-refractivity contribution in [3.8, 4) is 23.3 Å². The molecule has 0 saturated carbocycles. The van der Waals surface area contributed by atoms with Crippen molar-refractivity contribution in [1.82, 2.24) is 9.80 Å². The second-order valence-corrected chi connectivity index (χ2v) is 7.49. The molecule has 4 rings (SSSR count). The number of rotatable bonds is 5. The Morgan fingerprint density at radius 1 is 1.13 bits per heavy atom. The number of methoxy groups -OCH3 is 1. The maximum absolute atomic E-state index is 12.7. The SMILES string of the molecule is COc1cc(/C=C/C(=O)N2CCN(Cc3ccc(C#N)cc3)CC2)cc2c1OCCO2. The number of benzene rings is 2. The van der Waals surface area contributed by atoms with Crippen molar-refractivity contribution in [3.63, 3.8) is 0 Å². The zero-order chi connectivity index (χ0) is 21.6. The van der Waals surface area contributed by atoms with Crippen LogP contribution in [0.25, 0.3) is 6.08 Å². The van der Waals surface area contributed by atoms with Gasteiger partial charge in [0.05, 0.1) is 18.7 Å². The van der Waals surface area contributed by atoms with Crippen LogP contribution in [0.5, 0.6) is 17.2 Å². The summed E-state index contributed by atoms with van der Waals surface area (Å²) in [4.78, 5) is 16.8. The van der Waals surface area contributed by atoms with Gasteiger partial charge in [-0.1, -0.05) is 12.1 Å². The highest BCUT2D eigenvalue weighted by atomic mass is 16.6. The molecule has 1 amide bonds. The molecule has 7 heteroatoms. The summed E-state index contributed by atoms with van der Waals surface area (Å²) in [5.74, 6) is 1.83. The Kier molecular flexibility index (Phi) is 6.39. The summed E-state index contributed by atoms with van der Waals surface area (Å²) in [6.45, 7) is 4.81. The van der Waals surface area contributed by atoms with Crippen molar-refractivity contribution in [2.45, 2.75) is 6.54 Å². The molecule has 2 aromatic rings. The number of hydrogen-bond acceptors (Lipinski definition) is 6. The molecule has 0 aromatic heterocycles. The average Bonchev–Trinajstić information content (AvgIpc) is 2.83. The minimum atomic E-state index is -0.00752. The number of piperazine rings is 1. The zero-order valence-electron chi connectivity index (χ0n) is 17.5.